The summed E-state index contributed by atoms with van der Waals surface area (Å²) in [7, 11) is 0. The molecule has 0 aliphatic rings. The fourth-order valence-corrected chi connectivity index (χ4v) is 17.5. The molecule has 0 N–H and O–H groups in total. The van der Waals surface area contributed by atoms with Crippen LogP contribution < -0.4 is 0 Å². The molecule has 0 amide bonds. The molecule has 24 aromatic rings. The number of fused-ring (bicyclic) bond motifs is 12. The number of pyridine rings is 2. The lowest BCUT2D eigenvalue weighted by Crippen LogP contribution is -2.02. The molecule has 12 nitrogen and oxygen atoms in total. The molecule has 124 heavy (non-hydrogen) atoms. The maximum Gasteiger partial charge on any atom is 0.166 e. The lowest BCUT2D eigenvalue weighted by atomic mass is 9.95. The summed E-state index contributed by atoms with van der Waals surface area (Å²) in [5.74, 6) is 3.40. The first-order valence-corrected chi connectivity index (χ1v) is 41.4. The van der Waals surface area contributed by atoms with Crippen LogP contribution in [0.1, 0.15) is 0 Å². The number of rotatable bonds is 14. The van der Waals surface area contributed by atoms with Crippen LogP contribution in [0, 0.1) is 0 Å². The fraction of sp³-hybridized carbons (Fsp3) is 0. The molecule has 0 aliphatic carbocycles. The van der Waals surface area contributed by atoms with Gasteiger partial charge in [-0.3, -0.25) is 9.97 Å². The summed E-state index contributed by atoms with van der Waals surface area (Å²) in [6.07, 6.45) is 3.92. The Hall–Kier alpha value is -17.0. The summed E-state index contributed by atoms with van der Waals surface area (Å²) in [6.45, 7) is 0. The van der Waals surface area contributed by atoms with Gasteiger partial charge >= 0.3 is 0 Å². The number of furan rings is 2. The van der Waals surface area contributed by atoms with Crippen LogP contribution in [-0.2, 0) is 0 Å². The van der Waals surface area contributed by atoms with Crippen LogP contribution in [0.15, 0.2) is 434 Å². The summed E-state index contributed by atoms with van der Waals surface area (Å²) in [4.78, 5) is 41.5. The summed E-state index contributed by atoms with van der Waals surface area (Å²) in [5.41, 5.74) is 27.0. The van der Waals surface area contributed by atoms with Gasteiger partial charge in [0.05, 0.1) is 33.5 Å². The third-order valence-corrected chi connectivity index (χ3v) is 23.4. The number of hydrogen-bond donors (Lipinski definition) is 0. The van der Waals surface area contributed by atoms with Gasteiger partial charge in [0.15, 0.2) is 34.9 Å². The van der Waals surface area contributed by atoms with Crippen molar-refractivity contribution in [3.05, 3.63) is 425 Å². The van der Waals surface area contributed by atoms with Crippen molar-refractivity contribution in [2.45, 2.75) is 0 Å². The van der Waals surface area contributed by atoms with Crippen LogP contribution in [-0.4, -0.2) is 49.0 Å². The topological polar surface area (TPSA) is 139 Å². The van der Waals surface area contributed by atoms with Crippen LogP contribution >= 0.6 is 0 Å². The van der Waals surface area contributed by atoms with Gasteiger partial charge in [0.1, 0.15) is 22.3 Å². The summed E-state index contributed by atoms with van der Waals surface area (Å²) in [5, 5.41) is 8.63. The zero-order valence-electron chi connectivity index (χ0n) is 66.7. The fourth-order valence-electron chi connectivity index (χ4n) is 17.5. The van der Waals surface area contributed by atoms with Crippen LogP contribution in [0.4, 0.5) is 0 Å². The zero-order valence-corrected chi connectivity index (χ0v) is 66.7. The zero-order chi connectivity index (χ0) is 82.0. The average Bonchev–Trinajstić information content (AvgIpc) is 1.57. The Morgan fingerprint density at radius 2 is 0.524 bits per heavy atom. The standard InChI is InChI=1S/2C56H35N5O/c1-5-17-36(18-6-1)39-23-15-24-40(31-39)41-32-47(56-59-54(37-19-7-2-8-20-37)58-55(60-56)38-21-9-3-10-22-38)53(57-35-41)44-28-16-30-50-52(44)46-33-49-45(34-51(46)62-50)43-27-13-14-29-48(43)61(49)42-25-11-4-12-26-42;1-5-16-36(17-6-1)39-22-15-23-40(30-39)42-32-48(56-59-54(37-18-7-2-8-19-37)58-55(60-56)38-20-9-3-10-21-38)53(57-35-42)41-28-29-51-46(31-41)47-33-50-45(34-52(47)62-51)44-26-13-14-27-49(44)61(50)43-24-11-4-12-25-43/h2*1-35H. The first-order chi connectivity index (χ1) is 61.4. The average molecular weight is 1590 g/mol. The van der Waals surface area contributed by atoms with E-state index in [9.17, 15) is 0 Å². The van der Waals surface area contributed by atoms with E-state index in [0.717, 1.165) is 188 Å². The van der Waals surface area contributed by atoms with Gasteiger partial charge in [-0.25, -0.2) is 29.9 Å². The Balaban J connectivity index is 0.000000143. The van der Waals surface area contributed by atoms with Gasteiger partial charge in [0.25, 0.3) is 0 Å². The predicted octanol–water partition coefficient (Wildman–Crippen LogP) is 28.5. The van der Waals surface area contributed by atoms with Crippen LogP contribution in [0.2, 0.25) is 0 Å². The molecule has 0 saturated heterocycles. The maximum absolute atomic E-state index is 6.76. The molecule has 12 heteroatoms. The van der Waals surface area contributed by atoms with Gasteiger partial charge in [0, 0.05) is 122 Å². The van der Waals surface area contributed by atoms with Crippen molar-refractivity contribution in [1.82, 2.24) is 49.0 Å². The van der Waals surface area contributed by atoms with Crippen molar-refractivity contribution in [3.8, 4) is 147 Å². The molecular weight excluding hydrogens is 1520 g/mol. The Labute approximate surface area is 712 Å². The first kappa shape index (κ1) is 72.3. The lowest BCUT2D eigenvalue weighted by Gasteiger charge is -2.14. The van der Waals surface area contributed by atoms with Gasteiger partial charge in [-0.1, -0.05) is 303 Å². The number of benzene rings is 16. The Morgan fingerprint density at radius 3 is 0.984 bits per heavy atom. The number of hydrogen-bond acceptors (Lipinski definition) is 10. The number of aromatic nitrogens is 10. The molecule has 8 heterocycles. The minimum absolute atomic E-state index is 0.526. The van der Waals surface area contributed by atoms with Crippen molar-refractivity contribution in [2.75, 3.05) is 0 Å². The molecule has 0 unspecified atom stereocenters. The van der Waals surface area contributed by atoms with Gasteiger partial charge in [-0.15, -0.1) is 0 Å². The second-order valence-corrected chi connectivity index (χ2v) is 30.9. The first-order valence-electron chi connectivity index (χ1n) is 41.4. The van der Waals surface area contributed by atoms with Crippen molar-refractivity contribution in [1.29, 1.82) is 0 Å². The van der Waals surface area contributed by atoms with Crippen molar-refractivity contribution >= 4 is 87.5 Å². The van der Waals surface area contributed by atoms with E-state index in [-0.39, 0.29) is 0 Å². The van der Waals surface area contributed by atoms with E-state index in [4.69, 9.17) is 48.7 Å². The maximum atomic E-state index is 6.76. The highest BCUT2D eigenvalue weighted by Gasteiger charge is 2.26. The molecule has 0 aliphatic heterocycles. The van der Waals surface area contributed by atoms with Crippen molar-refractivity contribution < 1.29 is 8.83 Å². The quantitative estimate of drug-likeness (QED) is 0.103. The Kier molecular flexibility index (Phi) is 17.9. The van der Waals surface area contributed by atoms with E-state index in [1.807, 2.05) is 158 Å². The summed E-state index contributed by atoms with van der Waals surface area (Å²) >= 11 is 0. The number of nitrogens with zero attached hydrogens (tertiary/aromatic N) is 10. The van der Waals surface area contributed by atoms with Crippen LogP contribution in [0.5, 0.6) is 0 Å². The van der Waals surface area contributed by atoms with Crippen LogP contribution in [0.3, 0.4) is 0 Å². The molecule has 0 radical (unpaired) electrons. The predicted molar refractivity (Wildman–Crippen MR) is 504 cm³/mol. The Morgan fingerprint density at radius 1 is 0.177 bits per heavy atom. The highest BCUT2D eigenvalue weighted by atomic mass is 16.3. The molecule has 16 aromatic carbocycles. The smallest absolute Gasteiger partial charge is 0.166 e. The van der Waals surface area contributed by atoms with Crippen molar-refractivity contribution in [3.63, 3.8) is 0 Å². The minimum atomic E-state index is 0.526. The van der Waals surface area contributed by atoms with E-state index >= 15 is 0 Å². The highest BCUT2D eigenvalue weighted by molar-refractivity contribution is 6.21. The largest absolute Gasteiger partial charge is 0.456 e. The SMILES string of the molecule is c1ccc(-c2cccc(-c3cnc(-c4ccc5oc6cc7c8ccccc8n(-c8ccccc8)c7cc6c5c4)c(-c4nc(-c5ccccc5)nc(-c5ccccc5)n4)c3)c2)cc1.c1ccc(-c2cccc(-c3cnc(-c4cccc5oc6cc7c8ccccc8n(-c8ccccc8)c7cc6c45)c(-c4nc(-c5ccccc5)nc(-c5ccccc5)n4)c3)c2)cc1. The molecule has 8 aromatic heterocycles. The van der Waals surface area contributed by atoms with Crippen LogP contribution in [0.25, 0.3) is 234 Å². The second-order valence-electron chi connectivity index (χ2n) is 30.9. The Bertz CT molecular complexity index is 8090. The molecule has 580 valence electrons. The molecule has 0 fully saturated rings. The molecular formula is C112H70N10O2. The molecule has 0 spiro atoms. The summed E-state index contributed by atoms with van der Waals surface area (Å²) in [6, 6.07) is 142. The molecule has 0 atom stereocenters. The van der Waals surface area contributed by atoms with Gasteiger partial charge in [-0.2, -0.15) is 0 Å². The normalized spacial score (nSPS) is 11.5. The van der Waals surface area contributed by atoms with Gasteiger partial charge in [-0.05, 0) is 143 Å². The summed E-state index contributed by atoms with van der Waals surface area (Å²) < 4.78 is 18.1. The van der Waals surface area contributed by atoms with E-state index in [0.29, 0.717) is 34.9 Å². The molecule has 0 bridgehead atoms. The lowest BCUT2D eigenvalue weighted by molar-refractivity contribution is 0.669. The molecule has 24 rings (SSSR count). The third-order valence-electron chi connectivity index (χ3n) is 23.4. The molecule has 0 saturated carbocycles. The van der Waals surface area contributed by atoms with E-state index in [1.165, 1.54) is 10.8 Å². The van der Waals surface area contributed by atoms with Gasteiger partial charge < -0.3 is 18.0 Å². The second kappa shape index (κ2) is 30.8. The number of para-hydroxylation sites is 4. The van der Waals surface area contributed by atoms with E-state index in [1.54, 1.807) is 0 Å². The van der Waals surface area contributed by atoms with E-state index in [2.05, 4.69) is 276 Å². The minimum Gasteiger partial charge on any atom is -0.456 e. The van der Waals surface area contributed by atoms with Crippen molar-refractivity contribution in [2.24, 2.45) is 0 Å². The monoisotopic (exact) mass is 1590 g/mol. The third kappa shape index (κ3) is 13.2. The van der Waals surface area contributed by atoms with E-state index < -0.39 is 0 Å². The van der Waals surface area contributed by atoms with Gasteiger partial charge in [0.2, 0.25) is 0 Å². The highest BCUT2D eigenvalue weighted by Crippen LogP contribution is 2.47.